The van der Waals surface area contributed by atoms with E-state index < -0.39 is 0 Å². The summed E-state index contributed by atoms with van der Waals surface area (Å²) in [5, 5.41) is 9.66. The zero-order valence-corrected chi connectivity index (χ0v) is 35.8. The lowest BCUT2D eigenvalue weighted by atomic mass is 9.86. The number of rotatable bonds is 16. The van der Waals surface area contributed by atoms with Crippen LogP contribution in [0, 0.1) is 11.8 Å². The quantitative estimate of drug-likeness (QED) is 0.101. The number of hydrogen-bond acceptors (Lipinski definition) is 8. The smallest absolute Gasteiger partial charge is 0.0730 e. The van der Waals surface area contributed by atoms with Crippen LogP contribution in [0.15, 0.2) is 109 Å². The van der Waals surface area contributed by atoms with Gasteiger partial charge in [0.05, 0.1) is 22.4 Å². The minimum Gasteiger partial charge on any atom is -0.383 e. The van der Waals surface area contributed by atoms with Gasteiger partial charge in [-0.1, -0.05) is 79.9 Å². The van der Waals surface area contributed by atoms with Crippen molar-refractivity contribution in [2.45, 2.75) is 44.9 Å². The molecule has 8 nitrogen and oxygen atoms in total. The van der Waals surface area contributed by atoms with E-state index in [-0.39, 0.29) is 0 Å². The van der Waals surface area contributed by atoms with Crippen molar-refractivity contribution in [3.63, 3.8) is 0 Å². The third-order valence-corrected chi connectivity index (χ3v) is 12.7. The second-order valence-electron chi connectivity index (χ2n) is 17.5. The fraction of sp³-hybridized carbons (Fsp3) is 0.412. The van der Waals surface area contributed by atoms with Crippen molar-refractivity contribution in [2.24, 2.45) is 11.8 Å². The average Bonchev–Trinajstić information content (AvgIpc) is 3.26. The Labute approximate surface area is 352 Å². The number of fused-ring (bicyclic) bond motifs is 2. The first-order valence-corrected chi connectivity index (χ1v) is 22.1. The molecule has 0 radical (unpaired) electrons. The van der Waals surface area contributed by atoms with Crippen LogP contribution in [0.1, 0.15) is 44.9 Å². The summed E-state index contributed by atoms with van der Waals surface area (Å²) in [5.41, 5.74) is 11.4. The van der Waals surface area contributed by atoms with Crippen molar-refractivity contribution >= 4 is 44.6 Å². The number of nitrogens with one attached hydrogen (secondary N) is 2. The van der Waals surface area contributed by atoms with Crippen molar-refractivity contribution in [2.75, 3.05) is 101 Å². The number of pyridine rings is 2. The van der Waals surface area contributed by atoms with Gasteiger partial charge < -0.3 is 30.2 Å². The molecule has 4 aromatic carbocycles. The first kappa shape index (κ1) is 40.6. The fourth-order valence-corrected chi connectivity index (χ4v) is 9.11. The van der Waals surface area contributed by atoms with E-state index in [2.05, 4.69) is 168 Å². The number of piperidine rings is 2. The third-order valence-electron chi connectivity index (χ3n) is 12.7. The van der Waals surface area contributed by atoms with Crippen LogP contribution in [-0.2, 0) is 0 Å². The highest BCUT2D eigenvalue weighted by Crippen LogP contribution is 2.34. The maximum absolute atomic E-state index is 5.04. The Morgan fingerprint density at radius 3 is 1.31 bits per heavy atom. The molecule has 0 saturated carbocycles. The standard InChI is InChI=1S/C51H64N8/c1-56(2)34-28-52-50-36-48(54-46-14-7-5-12-44(46)50)40-16-20-42(21-17-40)58-30-24-38(25-31-58)10-9-11-39-26-32-59(33-27-39)43-22-18-41(19-23-43)49-37-51(53-29-35-57(3)4)45-13-6-8-15-47(45)55-49/h5-8,12-23,36-39H,9-11,24-35H2,1-4H3,(H,52,54)(H,53,55). The van der Waals surface area contributed by atoms with E-state index in [1.165, 1.54) is 78.2 Å². The molecule has 6 aromatic rings. The van der Waals surface area contributed by atoms with Crippen LogP contribution in [0.2, 0.25) is 0 Å². The van der Waals surface area contributed by atoms with Crippen LogP contribution >= 0.6 is 0 Å². The van der Waals surface area contributed by atoms with Gasteiger partial charge in [0.2, 0.25) is 0 Å². The molecule has 4 heterocycles. The highest BCUT2D eigenvalue weighted by atomic mass is 15.1. The van der Waals surface area contributed by atoms with E-state index in [9.17, 15) is 0 Å². The number of benzene rings is 4. The van der Waals surface area contributed by atoms with Crippen LogP contribution in [-0.4, -0.2) is 100 Å². The van der Waals surface area contributed by atoms with Gasteiger partial charge in [-0.15, -0.1) is 0 Å². The lowest BCUT2D eigenvalue weighted by molar-refractivity contribution is 0.325. The van der Waals surface area contributed by atoms with Gasteiger partial charge in [-0.2, -0.15) is 0 Å². The van der Waals surface area contributed by atoms with Gasteiger partial charge in [0, 0.05) is 97.0 Å². The number of hydrogen-bond donors (Lipinski definition) is 2. The molecule has 8 heteroatoms. The molecule has 308 valence electrons. The van der Waals surface area contributed by atoms with E-state index in [1.807, 2.05) is 0 Å². The second-order valence-corrected chi connectivity index (χ2v) is 17.5. The second kappa shape index (κ2) is 19.3. The summed E-state index contributed by atoms with van der Waals surface area (Å²) in [5.74, 6) is 1.71. The molecular weight excluding hydrogens is 725 g/mol. The van der Waals surface area contributed by atoms with Gasteiger partial charge in [-0.25, -0.2) is 9.97 Å². The summed E-state index contributed by atoms with van der Waals surface area (Å²) in [4.78, 5) is 19.7. The highest BCUT2D eigenvalue weighted by molar-refractivity contribution is 5.95. The number of aromatic nitrogens is 2. The molecule has 59 heavy (non-hydrogen) atoms. The summed E-state index contributed by atoms with van der Waals surface area (Å²) in [6, 6.07) is 39.6. The van der Waals surface area contributed by atoms with E-state index in [1.54, 1.807) is 0 Å². The van der Waals surface area contributed by atoms with E-state index in [4.69, 9.17) is 9.97 Å². The minimum absolute atomic E-state index is 0.853. The number of para-hydroxylation sites is 2. The van der Waals surface area contributed by atoms with Crippen molar-refractivity contribution in [1.82, 2.24) is 19.8 Å². The monoisotopic (exact) mass is 789 g/mol. The largest absolute Gasteiger partial charge is 0.383 e. The van der Waals surface area contributed by atoms with Crippen LogP contribution in [0.5, 0.6) is 0 Å². The van der Waals surface area contributed by atoms with Crippen molar-refractivity contribution in [3.05, 3.63) is 109 Å². The summed E-state index contributed by atoms with van der Waals surface area (Å²) in [6.07, 6.45) is 9.32. The Bertz CT molecular complexity index is 2090. The van der Waals surface area contributed by atoms with Gasteiger partial charge in [0.25, 0.3) is 0 Å². The number of anilines is 4. The molecule has 2 aromatic heterocycles. The average molecular weight is 789 g/mol. The van der Waals surface area contributed by atoms with Crippen molar-refractivity contribution in [1.29, 1.82) is 0 Å². The summed E-state index contributed by atoms with van der Waals surface area (Å²) in [7, 11) is 8.45. The summed E-state index contributed by atoms with van der Waals surface area (Å²) in [6.45, 7) is 8.38. The van der Waals surface area contributed by atoms with E-state index >= 15 is 0 Å². The molecule has 8 rings (SSSR count). The summed E-state index contributed by atoms with van der Waals surface area (Å²) >= 11 is 0. The molecule has 0 atom stereocenters. The van der Waals surface area contributed by atoms with Crippen LogP contribution in [0.3, 0.4) is 0 Å². The Kier molecular flexibility index (Phi) is 13.2. The molecule has 2 fully saturated rings. The van der Waals surface area contributed by atoms with Crippen LogP contribution in [0.25, 0.3) is 44.3 Å². The molecule has 2 N–H and O–H groups in total. The normalized spacial score (nSPS) is 15.5. The predicted molar refractivity (Wildman–Crippen MR) is 252 cm³/mol. The van der Waals surface area contributed by atoms with Gasteiger partial charge in [-0.3, -0.25) is 0 Å². The topological polar surface area (TPSA) is 62.8 Å². The first-order valence-electron chi connectivity index (χ1n) is 22.1. The third kappa shape index (κ3) is 10.3. The predicted octanol–water partition coefficient (Wildman–Crippen LogP) is 10.4. The highest BCUT2D eigenvalue weighted by Gasteiger charge is 2.23. The molecular formula is C51H64N8. The molecule has 2 aliphatic rings. The first-order chi connectivity index (χ1) is 28.9. The zero-order valence-electron chi connectivity index (χ0n) is 35.8. The molecule has 2 saturated heterocycles. The Morgan fingerprint density at radius 2 is 0.915 bits per heavy atom. The summed E-state index contributed by atoms with van der Waals surface area (Å²) < 4.78 is 0. The zero-order chi connectivity index (χ0) is 40.6. The van der Waals surface area contributed by atoms with Crippen LogP contribution < -0.4 is 20.4 Å². The maximum atomic E-state index is 5.04. The van der Waals surface area contributed by atoms with Gasteiger partial charge >= 0.3 is 0 Å². The fourth-order valence-electron chi connectivity index (χ4n) is 9.11. The molecule has 0 unspecified atom stereocenters. The van der Waals surface area contributed by atoms with E-state index in [0.717, 1.165) is 98.0 Å². The Morgan fingerprint density at radius 1 is 0.525 bits per heavy atom. The SMILES string of the molecule is CN(C)CCNc1cc(-c2ccc(N3CCC(CCCC4CCN(c5ccc(-c6cc(NCCN(C)C)c7ccccc7n6)cc5)CC4)CC3)cc2)nc2ccccc12. The molecule has 2 aliphatic heterocycles. The van der Waals surface area contributed by atoms with Crippen molar-refractivity contribution in [3.8, 4) is 22.5 Å². The van der Waals surface area contributed by atoms with Gasteiger partial charge in [0.15, 0.2) is 0 Å². The lowest BCUT2D eigenvalue weighted by Gasteiger charge is -2.35. The number of nitrogens with zero attached hydrogens (tertiary/aromatic N) is 6. The van der Waals surface area contributed by atoms with Crippen molar-refractivity contribution < 1.29 is 0 Å². The molecule has 0 spiro atoms. The Balaban J connectivity index is 0.776. The number of likely N-dealkylation sites (N-methyl/N-ethyl adjacent to an activating group) is 2. The molecule has 0 bridgehead atoms. The Hall–Kier alpha value is -5.18. The van der Waals surface area contributed by atoms with Crippen LogP contribution in [0.4, 0.5) is 22.7 Å². The lowest BCUT2D eigenvalue weighted by Crippen LogP contribution is -2.34. The van der Waals surface area contributed by atoms with Gasteiger partial charge in [0.1, 0.15) is 0 Å². The minimum atomic E-state index is 0.853. The maximum Gasteiger partial charge on any atom is 0.0730 e. The molecule has 0 aliphatic carbocycles. The van der Waals surface area contributed by atoms with Gasteiger partial charge in [-0.05, 0) is 114 Å². The molecule has 0 amide bonds. The van der Waals surface area contributed by atoms with E-state index in [0.29, 0.717) is 0 Å².